The van der Waals surface area contributed by atoms with Crippen LogP contribution in [-0.4, -0.2) is 23.5 Å². The van der Waals surface area contributed by atoms with Crippen molar-refractivity contribution < 1.29 is 19.1 Å². The molecule has 0 aliphatic rings. The van der Waals surface area contributed by atoms with E-state index in [1.807, 2.05) is 6.07 Å². The first-order chi connectivity index (χ1) is 12.1. The van der Waals surface area contributed by atoms with E-state index in [2.05, 4.69) is 10.6 Å². The maximum absolute atomic E-state index is 12.0. The standard InChI is InChI=1S/C18H21N3O4S/c1-10(22)20-13-8-6-5-7-11(13)14-9-12(15(19)23)16(26-14)21-17(24)25-18(2,3)4/h5-9H,1-4H3,(H2,19,23)(H,20,22)(H,21,24). The highest BCUT2D eigenvalue weighted by molar-refractivity contribution is 7.20. The first kappa shape index (κ1) is 19.5. The summed E-state index contributed by atoms with van der Waals surface area (Å²) in [6.07, 6.45) is -0.677. The predicted molar refractivity (Wildman–Crippen MR) is 102 cm³/mol. The molecule has 0 atom stereocenters. The van der Waals surface area contributed by atoms with Crippen LogP contribution in [-0.2, 0) is 9.53 Å². The average molecular weight is 375 g/mol. The molecule has 3 amide bonds. The van der Waals surface area contributed by atoms with Crippen LogP contribution in [0.15, 0.2) is 30.3 Å². The van der Waals surface area contributed by atoms with Crippen LogP contribution in [0.2, 0.25) is 0 Å². The summed E-state index contributed by atoms with van der Waals surface area (Å²) in [5.74, 6) is -0.883. The highest BCUT2D eigenvalue weighted by atomic mass is 32.1. The fourth-order valence-corrected chi connectivity index (χ4v) is 3.28. The van der Waals surface area contributed by atoms with Crippen molar-refractivity contribution in [2.45, 2.75) is 33.3 Å². The number of primary amides is 1. The highest BCUT2D eigenvalue weighted by Gasteiger charge is 2.21. The van der Waals surface area contributed by atoms with Gasteiger partial charge in [0.2, 0.25) is 5.91 Å². The number of thiophene rings is 1. The van der Waals surface area contributed by atoms with E-state index in [0.717, 1.165) is 0 Å². The fraction of sp³-hybridized carbons (Fsp3) is 0.278. The number of hydrogen-bond acceptors (Lipinski definition) is 5. The summed E-state index contributed by atoms with van der Waals surface area (Å²) in [6.45, 7) is 6.64. The van der Waals surface area contributed by atoms with Gasteiger partial charge in [-0.2, -0.15) is 0 Å². The lowest BCUT2D eigenvalue weighted by atomic mass is 10.1. The van der Waals surface area contributed by atoms with Gasteiger partial charge in [-0.3, -0.25) is 14.9 Å². The number of anilines is 2. The maximum Gasteiger partial charge on any atom is 0.412 e. The van der Waals surface area contributed by atoms with E-state index in [4.69, 9.17) is 10.5 Å². The molecule has 1 heterocycles. The van der Waals surface area contributed by atoms with Crippen molar-refractivity contribution in [2.75, 3.05) is 10.6 Å². The minimum Gasteiger partial charge on any atom is -0.444 e. The van der Waals surface area contributed by atoms with Crippen LogP contribution in [0.1, 0.15) is 38.1 Å². The smallest absolute Gasteiger partial charge is 0.412 e. The summed E-state index contributed by atoms with van der Waals surface area (Å²) in [7, 11) is 0. The van der Waals surface area contributed by atoms with E-state index >= 15 is 0 Å². The number of para-hydroxylation sites is 1. The number of benzene rings is 1. The molecule has 2 rings (SSSR count). The molecule has 0 saturated carbocycles. The molecule has 2 aromatic rings. The lowest BCUT2D eigenvalue weighted by Gasteiger charge is -2.19. The van der Waals surface area contributed by atoms with Gasteiger partial charge < -0.3 is 15.8 Å². The van der Waals surface area contributed by atoms with Crippen molar-refractivity contribution in [1.29, 1.82) is 0 Å². The number of nitrogens with two attached hydrogens (primary N) is 1. The summed E-state index contributed by atoms with van der Waals surface area (Å²) >= 11 is 1.17. The SMILES string of the molecule is CC(=O)Nc1ccccc1-c1cc(C(N)=O)c(NC(=O)OC(C)(C)C)s1. The number of amides is 3. The number of nitrogens with one attached hydrogen (secondary N) is 2. The second kappa shape index (κ2) is 7.57. The van der Waals surface area contributed by atoms with Crippen molar-refractivity contribution >= 4 is 39.9 Å². The Morgan fingerprint density at radius 2 is 1.77 bits per heavy atom. The molecule has 0 aliphatic carbocycles. The van der Waals surface area contributed by atoms with Crippen molar-refractivity contribution in [2.24, 2.45) is 5.73 Å². The molecule has 0 spiro atoms. The van der Waals surface area contributed by atoms with Gasteiger partial charge in [-0.05, 0) is 32.9 Å². The predicted octanol–water partition coefficient (Wildman–Crippen LogP) is 3.82. The van der Waals surface area contributed by atoms with Crippen LogP contribution in [0.4, 0.5) is 15.5 Å². The molecule has 1 aromatic carbocycles. The van der Waals surface area contributed by atoms with Crippen LogP contribution in [0.5, 0.6) is 0 Å². The third kappa shape index (κ3) is 5.06. The Kier molecular flexibility index (Phi) is 5.66. The largest absolute Gasteiger partial charge is 0.444 e. The molecule has 26 heavy (non-hydrogen) atoms. The van der Waals surface area contributed by atoms with Gasteiger partial charge in [0.25, 0.3) is 5.91 Å². The monoisotopic (exact) mass is 375 g/mol. The van der Waals surface area contributed by atoms with E-state index < -0.39 is 17.6 Å². The number of hydrogen-bond donors (Lipinski definition) is 3. The van der Waals surface area contributed by atoms with Crippen molar-refractivity contribution in [3.05, 3.63) is 35.9 Å². The lowest BCUT2D eigenvalue weighted by Crippen LogP contribution is -2.27. The van der Waals surface area contributed by atoms with Gasteiger partial charge in [0, 0.05) is 23.1 Å². The fourth-order valence-electron chi connectivity index (χ4n) is 2.19. The van der Waals surface area contributed by atoms with Gasteiger partial charge in [-0.15, -0.1) is 11.3 Å². The van der Waals surface area contributed by atoms with E-state index in [1.165, 1.54) is 18.3 Å². The summed E-state index contributed by atoms with van der Waals surface area (Å²) in [5, 5.41) is 5.60. The normalized spacial score (nSPS) is 10.9. The summed E-state index contributed by atoms with van der Waals surface area (Å²) < 4.78 is 5.22. The Bertz CT molecular complexity index is 852. The molecular formula is C18H21N3O4S. The van der Waals surface area contributed by atoms with Crippen LogP contribution in [0.25, 0.3) is 10.4 Å². The van der Waals surface area contributed by atoms with Crippen molar-refractivity contribution in [1.82, 2.24) is 0 Å². The van der Waals surface area contributed by atoms with Crippen LogP contribution < -0.4 is 16.4 Å². The van der Waals surface area contributed by atoms with E-state index in [9.17, 15) is 14.4 Å². The summed E-state index contributed by atoms with van der Waals surface area (Å²) in [6, 6.07) is 8.74. The number of carbonyl (C=O) groups is 3. The molecule has 0 radical (unpaired) electrons. The summed E-state index contributed by atoms with van der Waals surface area (Å²) in [5.41, 5.74) is 6.25. The third-order valence-corrected chi connectivity index (χ3v) is 4.20. The Labute approximate surface area is 155 Å². The van der Waals surface area contributed by atoms with Crippen LogP contribution >= 0.6 is 11.3 Å². The molecule has 0 aliphatic heterocycles. The van der Waals surface area contributed by atoms with Crippen LogP contribution in [0, 0.1) is 0 Å². The Balaban J connectivity index is 2.40. The molecule has 1 aromatic heterocycles. The Hall–Kier alpha value is -2.87. The van der Waals surface area contributed by atoms with Crippen molar-refractivity contribution in [3.63, 3.8) is 0 Å². The molecular weight excluding hydrogens is 354 g/mol. The van der Waals surface area contributed by atoms with Gasteiger partial charge in [0.1, 0.15) is 10.6 Å². The van der Waals surface area contributed by atoms with Gasteiger partial charge in [-0.25, -0.2) is 4.79 Å². The summed E-state index contributed by atoms with van der Waals surface area (Å²) in [4.78, 5) is 35.9. The number of carbonyl (C=O) groups excluding carboxylic acids is 3. The first-order valence-corrected chi connectivity index (χ1v) is 8.69. The second-order valence-corrected chi connectivity index (χ2v) is 7.62. The van der Waals surface area contributed by atoms with Crippen molar-refractivity contribution in [3.8, 4) is 10.4 Å². The maximum atomic E-state index is 12.0. The highest BCUT2D eigenvalue weighted by Crippen LogP contribution is 2.38. The molecule has 4 N–H and O–H groups in total. The van der Waals surface area contributed by atoms with Gasteiger partial charge in [-0.1, -0.05) is 18.2 Å². The zero-order valence-electron chi connectivity index (χ0n) is 15.0. The Morgan fingerprint density at radius 1 is 1.12 bits per heavy atom. The average Bonchev–Trinajstić information content (AvgIpc) is 2.88. The second-order valence-electron chi connectivity index (χ2n) is 6.57. The quantitative estimate of drug-likeness (QED) is 0.754. The Morgan fingerprint density at radius 3 is 2.35 bits per heavy atom. The zero-order valence-corrected chi connectivity index (χ0v) is 15.8. The van der Waals surface area contributed by atoms with E-state index in [1.54, 1.807) is 45.0 Å². The minimum atomic E-state index is -0.677. The van der Waals surface area contributed by atoms with E-state index in [-0.39, 0.29) is 11.5 Å². The minimum absolute atomic E-state index is 0.175. The van der Waals surface area contributed by atoms with Gasteiger partial charge in [0.05, 0.1) is 5.56 Å². The number of ether oxygens (including phenoxy) is 1. The molecule has 0 bridgehead atoms. The molecule has 0 unspecified atom stereocenters. The molecule has 138 valence electrons. The molecule has 0 saturated heterocycles. The molecule has 0 fully saturated rings. The lowest BCUT2D eigenvalue weighted by molar-refractivity contribution is -0.114. The van der Waals surface area contributed by atoms with Crippen LogP contribution in [0.3, 0.4) is 0 Å². The molecule has 7 nitrogen and oxygen atoms in total. The topological polar surface area (TPSA) is 111 Å². The number of rotatable bonds is 4. The van der Waals surface area contributed by atoms with E-state index in [0.29, 0.717) is 21.1 Å². The van der Waals surface area contributed by atoms with Gasteiger partial charge in [0.15, 0.2) is 0 Å². The zero-order chi connectivity index (χ0) is 19.5. The first-order valence-electron chi connectivity index (χ1n) is 7.87. The third-order valence-electron chi connectivity index (χ3n) is 3.12. The van der Waals surface area contributed by atoms with Gasteiger partial charge >= 0.3 is 6.09 Å². The molecule has 8 heteroatoms.